The van der Waals surface area contributed by atoms with Gasteiger partial charge >= 0.3 is 0 Å². The number of ether oxygens (including phenoxy) is 2. The molecule has 2 amide bonds. The van der Waals surface area contributed by atoms with Crippen molar-refractivity contribution in [1.29, 1.82) is 0 Å². The van der Waals surface area contributed by atoms with Crippen molar-refractivity contribution >= 4 is 17.5 Å². The molecule has 2 aromatic carbocycles. The van der Waals surface area contributed by atoms with Gasteiger partial charge in [-0.2, -0.15) is 0 Å². The molecule has 2 N–H and O–H groups in total. The molecule has 0 spiro atoms. The minimum absolute atomic E-state index is 0.00518. The van der Waals surface area contributed by atoms with Crippen LogP contribution in [-0.2, 0) is 29.0 Å². The molecule has 2 aliphatic heterocycles. The fourth-order valence-corrected chi connectivity index (χ4v) is 2.89. The summed E-state index contributed by atoms with van der Waals surface area (Å²) < 4.78 is 10.6. The Labute approximate surface area is 138 Å². The van der Waals surface area contributed by atoms with Crippen LogP contribution in [-0.4, -0.2) is 18.6 Å². The van der Waals surface area contributed by atoms with Gasteiger partial charge in [0.05, 0.1) is 12.8 Å². The zero-order valence-electron chi connectivity index (χ0n) is 12.9. The number of rotatable bonds is 4. The Morgan fingerprint density at radius 2 is 1.92 bits per heavy atom. The Hall–Kier alpha value is -3.02. The van der Waals surface area contributed by atoms with E-state index in [1.165, 1.54) is 0 Å². The molecule has 2 aromatic rings. The lowest BCUT2D eigenvalue weighted by Crippen LogP contribution is -2.24. The fourth-order valence-electron chi connectivity index (χ4n) is 2.89. The lowest BCUT2D eigenvalue weighted by molar-refractivity contribution is -0.120. The largest absolute Gasteiger partial charge is 0.454 e. The molecule has 0 saturated heterocycles. The minimum Gasteiger partial charge on any atom is -0.454 e. The van der Waals surface area contributed by atoms with Crippen LogP contribution < -0.4 is 20.1 Å². The number of carbonyl (C=O) groups is 2. The lowest BCUT2D eigenvalue weighted by Gasteiger charge is -2.07. The van der Waals surface area contributed by atoms with Gasteiger partial charge in [0.25, 0.3) is 0 Å². The second kappa shape index (κ2) is 5.88. The van der Waals surface area contributed by atoms with Crippen LogP contribution in [0, 0.1) is 0 Å². The van der Waals surface area contributed by atoms with Crippen molar-refractivity contribution < 1.29 is 19.1 Å². The van der Waals surface area contributed by atoms with Gasteiger partial charge in [-0.15, -0.1) is 0 Å². The van der Waals surface area contributed by atoms with Crippen LogP contribution in [0.4, 0.5) is 5.69 Å². The summed E-state index contributed by atoms with van der Waals surface area (Å²) >= 11 is 0. The van der Waals surface area contributed by atoms with Crippen molar-refractivity contribution in [3.63, 3.8) is 0 Å². The zero-order chi connectivity index (χ0) is 16.5. The zero-order valence-corrected chi connectivity index (χ0v) is 12.9. The Kier molecular flexibility index (Phi) is 3.57. The monoisotopic (exact) mass is 324 g/mol. The van der Waals surface area contributed by atoms with E-state index < -0.39 is 0 Å². The molecule has 0 bridgehead atoms. The summed E-state index contributed by atoms with van der Waals surface area (Å²) in [5.74, 6) is 1.36. The molecule has 0 atom stereocenters. The van der Waals surface area contributed by atoms with Gasteiger partial charge in [0.2, 0.25) is 18.6 Å². The normalized spacial score (nSPS) is 14.2. The number of amides is 2. The maximum atomic E-state index is 12.1. The molecule has 24 heavy (non-hydrogen) atoms. The number of anilines is 1. The van der Waals surface area contributed by atoms with E-state index in [0.29, 0.717) is 18.7 Å². The highest BCUT2D eigenvalue weighted by Crippen LogP contribution is 2.32. The number of benzene rings is 2. The van der Waals surface area contributed by atoms with Crippen LogP contribution in [0.5, 0.6) is 11.5 Å². The first-order valence-electron chi connectivity index (χ1n) is 7.74. The van der Waals surface area contributed by atoms with Gasteiger partial charge in [0, 0.05) is 12.2 Å². The highest BCUT2D eigenvalue weighted by atomic mass is 16.7. The van der Waals surface area contributed by atoms with Crippen molar-refractivity contribution in [1.82, 2.24) is 5.32 Å². The molecule has 0 aromatic heterocycles. The van der Waals surface area contributed by atoms with Crippen LogP contribution in [0.2, 0.25) is 0 Å². The van der Waals surface area contributed by atoms with E-state index in [-0.39, 0.29) is 25.0 Å². The fraction of sp³-hybridized carbons (Fsp3) is 0.222. The third-order valence-corrected chi connectivity index (χ3v) is 4.09. The Morgan fingerprint density at radius 1 is 1.08 bits per heavy atom. The molecule has 2 aliphatic rings. The smallest absolute Gasteiger partial charge is 0.231 e. The third-order valence-electron chi connectivity index (χ3n) is 4.09. The summed E-state index contributed by atoms with van der Waals surface area (Å²) in [6, 6.07) is 11.2. The molecular formula is C18H16N2O4. The van der Waals surface area contributed by atoms with Gasteiger partial charge in [-0.05, 0) is 34.9 Å². The summed E-state index contributed by atoms with van der Waals surface area (Å²) in [5, 5.41) is 5.68. The Bertz CT molecular complexity index is 832. The maximum absolute atomic E-state index is 12.1. The maximum Gasteiger partial charge on any atom is 0.231 e. The summed E-state index contributed by atoms with van der Waals surface area (Å²) in [5.41, 5.74) is 3.63. The van der Waals surface area contributed by atoms with Gasteiger partial charge in [-0.25, -0.2) is 0 Å². The van der Waals surface area contributed by atoms with Crippen molar-refractivity contribution in [2.75, 3.05) is 12.1 Å². The molecule has 0 unspecified atom stereocenters. The average Bonchev–Trinajstić information content (AvgIpc) is 3.17. The quantitative estimate of drug-likeness (QED) is 0.899. The van der Waals surface area contributed by atoms with E-state index in [4.69, 9.17) is 9.47 Å². The average molecular weight is 324 g/mol. The summed E-state index contributed by atoms with van der Waals surface area (Å²) in [6.45, 7) is 0.668. The van der Waals surface area contributed by atoms with Gasteiger partial charge in [-0.1, -0.05) is 18.2 Å². The number of nitrogens with one attached hydrogen (secondary N) is 2. The Balaban J connectivity index is 1.35. The first kappa shape index (κ1) is 14.6. The van der Waals surface area contributed by atoms with E-state index in [0.717, 1.165) is 28.1 Å². The molecule has 4 rings (SSSR count). The molecule has 0 fully saturated rings. The molecule has 122 valence electrons. The standard InChI is InChI=1S/C18H16N2O4/c21-17(7-11-1-3-14-13(5-11)8-18(22)20-14)19-9-12-2-4-15-16(6-12)24-10-23-15/h1-6H,7-10H2,(H,19,21)(H,20,22). The van der Waals surface area contributed by atoms with Crippen LogP contribution in [0.3, 0.4) is 0 Å². The van der Waals surface area contributed by atoms with Gasteiger partial charge in [0.15, 0.2) is 11.5 Å². The first-order valence-corrected chi connectivity index (χ1v) is 7.74. The molecule has 2 heterocycles. The molecule has 6 heteroatoms. The SMILES string of the molecule is O=C(Cc1ccc2c(c1)CC(=O)N2)NCc1ccc2c(c1)OCO2. The minimum atomic E-state index is -0.0649. The number of hydrogen-bond donors (Lipinski definition) is 2. The van der Waals surface area contributed by atoms with Crippen LogP contribution >= 0.6 is 0 Å². The van der Waals surface area contributed by atoms with Crippen LogP contribution in [0.1, 0.15) is 16.7 Å². The summed E-state index contributed by atoms with van der Waals surface area (Å²) in [4.78, 5) is 23.5. The van der Waals surface area contributed by atoms with E-state index >= 15 is 0 Å². The highest BCUT2D eigenvalue weighted by Gasteiger charge is 2.18. The first-order chi connectivity index (χ1) is 11.7. The number of hydrogen-bond acceptors (Lipinski definition) is 4. The van der Waals surface area contributed by atoms with Gasteiger partial charge in [0.1, 0.15) is 0 Å². The van der Waals surface area contributed by atoms with Crippen molar-refractivity contribution in [3.05, 3.63) is 53.1 Å². The number of carbonyl (C=O) groups excluding carboxylic acids is 2. The second-order valence-corrected chi connectivity index (χ2v) is 5.86. The molecule has 0 aliphatic carbocycles. The van der Waals surface area contributed by atoms with Crippen molar-refractivity contribution in [3.8, 4) is 11.5 Å². The molecular weight excluding hydrogens is 308 g/mol. The molecule has 6 nitrogen and oxygen atoms in total. The Morgan fingerprint density at radius 3 is 2.83 bits per heavy atom. The van der Waals surface area contributed by atoms with Crippen molar-refractivity contribution in [2.45, 2.75) is 19.4 Å². The van der Waals surface area contributed by atoms with E-state index in [2.05, 4.69) is 10.6 Å². The van der Waals surface area contributed by atoms with Crippen molar-refractivity contribution in [2.24, 2.45) is 0 Å². The van der Waals surface area contributed by atoms with Gasteiger partial charge in [-0.3, -0.25) is 9.59 Å². The predicted octanol–water partition coefficient (Wildman–Crippen LogP) is 1.77. The summed E-state index contributed by atoms with van der Waals surface area (Å²) in [6.07, 6.45) is 0.661. The molecule has 0 radical (unpaired) electrons. The van der Waals surface area contributed by atoms with E-state index in [1.54, 1.807) is 0 Å². The van der Waals surface area contributed by atoms with Gasteiger partial charge < -0.3 is 20.1 Å². The third kappa shape index (κ3) is 2.90. The van der Waals surface area contributed by atoms with E-state index in [9.17, 15) is 9.59 Å². The van der Waals surface area contributed by atoms with Crippen LogP contribution in [0.25, 0.3) is 0 Å². The second-order valence-electron chi connectivity index (χ2n) is 5.86. The lowest BCUT2D eigenvalue weighted by atomic mass is 10.1. The molecule has 0 saturated carbocycles. The van der Waals surface area contributed by atoms with E-state index in [1.807, 2.05) is 36.4 Å². The highest BCUT2D eigenvalue weighted by molar-refractivity contribution is 5.99. The number of fused-ring (bicyclic) bond motifs is 2. The summed E-state index contributed by atoms with van der Waals surface area (Å²) in [7, 11) is 0. The predicted molar refractivity (Wildman–Crippen MR) is 86.9 cm³/mol. The van der Waals surface area contributed by atoms with Crippen LogP contribution in [0.15, 0.2) is 36.4 Å². The topological polar surface area (TPSA) is 76.7 Å².